The standard InChI is InChI=1S/C24H24N4O4/c1-31-23(29)19-12-21(17-8-6-16(7-9-17)18-4-2-10-25-14-18)27-22(13-19)28-24(30)26-15-20-5-3-11-32-20/h2,4,6-10,12-14,20H,3,5,11,15H2,1H3,(H2,26,27,28,30). The van der Waals surface area contributed by atoms with Crippen molar-refractivity contribution in [3.05, 3.63) is 66.5 Å². The number of nitrogens with zero attached hydrogens (tertiary/aromatic N) is 2. The normalized spacial score (nSPS) is 15.2. The first-order valence-electron chi connectivity index (χ1n) is 10.4. The highest BCUT2D eigenvalue weighted by atomic mass is 16.5. The number of urea groups is 1. The Kier molecular flexibility index (Phi) is 6.72. The summed E-state index contributed by atoms with van der Waals surface area (Å²) in [5.41, 5.74) is 3.65. The number of hydrogen-bond donors (Lipinski definition) is 2. The van der Waals surface area contributed by atoms with Gasteiger partial charge in [0.05, 0.1) is 24.5 Å². The molecule has 0 bridgehead atoms. The first-order chi connectivity index (χ1) is 15.6. The minimum absolute atomic E-state index is 0.0315. The van der Waals surface area contributed by atoms with Crippen LogP contribution in [0.1, 0.15) is 23.2 Å². The summed E-state index contributed by atoms with van der Waals surface area (Å²) in [6.07, 6.45) is 5.48. The van der Waals surface area contributed by atoms with Crippen molar-refractivity contribution in [3.63, 3.8) is 0 Å². The molecule has 3 heterocycles. The predicted octanol–water partition coefficient (Wildman–Crippen LogP) is 3.90. The monoisotopic (exact) mass is 432 g/mol. The largest absolute Gasteiger partial charge is 0.465 e. The fourth-order valence-electron chi connectivity index (χ4n) is 3.52. The van der Waals surface area contributed by atoms with Crippen molar-refractivity contribution in [2.24, 2.45) is 0 Å². The molecule has 164 valence electrons. The van der Waals surface area contributed by atoms with E-state index >= 15 is 0 Å². The van der Waals surface area contributed by atoms with E-state index in [4.69, 9.17) is 9.47 Å². The lowest BCUT2D eigenvalue weighted by molar-refractivity contribution is 0.0600. The van der Waals surface area contributed by atoms with Crippen molar-refractivity contribution in [1.82, 2.24) is 15.3 Å². The van der Waals surface area contributed by atoms with E-state index in [1.807, 2.05) is 36.4 Å². The molecule has 1 aromatic carbocycles. The molecule has 8 nitrogen and oxygen atoms in total. The highest BCUT2D eigenvalue weighted by Gasteiger charge is 2.17. The molecule has 0 spiro atoms. The van der Waals surface area contributed by atoms with Crippen molar-refractivity contribution in [1.29, 1.82) is 0 Å². The number of carbonyl (C=O) groups is 2. The second kappa shape index (κ2) is 10.0. The van der Waals surface area contributed by atoms with Crippen molar-refractivity contribution in [3.8, 4) is 22.4 Å². The Balaban J connectivity index is 1.54. The summed E-state index contributed by atoms with van der Waals surface area (Å²) in [7, 11) is 1.31. The minimum atomic E-state index is -0.511. The van der Waals surface area contributed by atoms with E-state index in [0.717, 1.165) is 36.1 Å². The van der Waals surface area contributed by atoms with Gasteiger partial charge in [-0.2, -0.15) is 0 Å². The molecule has 0 saturated carbocycles. The Hall–Kier alpha value is -3.78. The van der Waals surface area contributed by atoms with Gasteiger partial charge in [-0.25, -0.2) is 14.6 Å². The second-order valence-corrected chi connectivity index (χ2v) is 7.41. The van der Waals surface area contributed by atoms with Gasteiger partial charge in [0.1, 0.15) is 5.82 Å². The molecule has 0 aliphatic carbocycles. The summed E-state index contributed by atoms with van der Waals surface area (Å²) in [5, 5.41) is 5.48. The van der Waals surface area contributed by atoms with E-state index in [2.05, 4.69) is 20.6 Å². The van der Waals surface area contributed by atoms with E-state index in [0.29, 0.717) is 17.8 Å². The molecular formula is C24H24N4O4. The zero-order chi connectivity index (χ0) is 22.3. The van der Waals surface area contributed by atoms with Gasteiger partial charge in [0.15, 0.2) is 0 Å². The number of nitrogens with one attached hydrogen (secondary N) is 2. The molecule has 8 heteroatoms. The topological polar surface area (TPSA) is 102 Å². The van der Waals surface area contributed by atoms with Crippen LogP contribution in [-0.2, 0) is 9.47 Å². The van der Waals surface area contributed by atoms with Crippen molar-refractivity contribution < 1.29 is 19.1 Å². The van der Waals surface area contributed by atoms with Gasteiger partial charge >= 0.3 is 12.0 Å². The zero-order valence-electron chi connectivity index (χ0n) is 17.7. The predicted molar refractivity (Wildman–Crippen MR) is 120 cm³/mol. The van der Waals surface area contributed by atoms with Gasteiger partial charge in [0.25, 0.3) is 0 Å². The van der Waals surface area contributed by atoms with Crippen LogP contribution in [0.15, 0.2) is 60.9 Å². The van der Waals surface area contributed by atoms with Gasteiger partial charge in [-0.05, 0) is 42.2 Å². The average molecular weight is 432 g/mol. The molecule has 4 rings (SSSR count). The molecule has 1 aliphatic rings. The number of pyridine rings is 2. The number of aromatic nitrogens is 2. The van der Waals surface area contributed by atoms with E-state index in [1.165, 1.54) is 13.2 Å². The summed E-state index contributed by atoms with van der Waals surface area (Å²) < 4.78 is 10.4. The van der Waals surface area contributed by atoms with E-state index < -0.39 is 12.0 Å². The highest BCUT2D eigenvalue weighted by Crippen LogP contribution is 2.25. The lowest BCUT2D eigenvalue weighted by atomic mass is 10.0. The lowest BCUT2D eigenvalue weighted by Gasteiger charge is -2.13. The molecule has 3 aromatic rings. The Labute approximate surface area is 186 Å². The number of rotatable bonds is 6. The van der Waals surface area contributed by atoms with Crippen LogP contribution in [0.3, 0.4) is 0 Å². The smallest absolute Gasteiger partial charge is 0.338 e. The molecule has 1 unspecified atom stereocenters. The number of ether oxygens (including phenoxy) is 2. The Morgan fingerprint density at radius 1 is 1.12 bits per heavy atom. The van der Waals surface area contributed by atoms with Crippen LogP contribution in [0, 0.1) is 0 Å². The van der Waals surface area contributed by atoms with E-state index in [1.54, 1.807) is 18.5 Å². The fourth-order valence-corrected chi connectivity index (χ4v) is 3.52. The Morgan fingerprint density at radius 2 is 1.94 bits per heavy atom. The Morgan fingerprint density at radius 3 is 2.62 bits per heavy atom. The molecule has 2 aromatic heterocycles. The summed E-state index contributed by atoms with van der Waals surface area (Å²) in [6.45, 7) is 1.14. The van der Waals surface area contributed by atoms with Crippen LogP contribution in [0.5, 0.6) is 0 Å². The zero-order valence-corrected chi connectivity index (χ0v) is 17.7. The average Bonchev–Trinajstić information content (AvgIpc) is 3.36. The number of methoxy groups -OCH3 is 1. The molecule has 2 amide bonds. The van der Waals surface area contributed by atoms with Crippen molar-refractivity contribution >= 4 is 17.8 Å². The van der Waals surface area contributed by atoms with Crippen LogP contribution in [0.25, 0.3) is 22.4 Å². The first kappa shape index (κ1) is 21.5. The summed E-state index contributed by atoms with van der Waals surface area (Å²) >= 11 is 0. The maximum Gasteiger partial charge on any atom is 0.338 e. The quantitative estimate of drug-likeness (QED) is 0.573. The van der Waals surface area contributed by atoms with Crippen LogP contribution in [0.2, 0.25) is 0 Å². The molecule has 32 heavy (non-hydrogen) atoms. The van der Waals surface area contributed by atoms with Crippen LogP contribution in [0.4, 0.5) is 10.6 Å². The van der Waals surface area contributed by atoms with Crippen LogP contribution in [-0.4, -0.2) is 48.3 Å². The number of esters is 1. The van der Waals surface area contributed by atoms with Crippen LogP contribution < -0.4 is 10.6 Å². The molecule has 1 atom stereocenters. The summed E-state index contributed by atoms with van der Waals surface area (Å²) in [4.78, 5) is 33.2. The lowest BCUT2D eigenvalue weighted by Crippen LogP contribution is -2.35. The third kappa shape index (κ3) is 5.28. The molecule has 1 aliphatic heterocycles. The van der Waals surface area contributed by atoms with Gasteiger partial charge in [0.2, 0.25) is 0 Å². The second-order valence-electron chi connectivity index (χ2n) is 7.41. The SMILES string of the molecule is COC(=O)c1cc(NC(=O)NCC2CCCO2)nc(-c2ccc(-c3cccnc3)cc2)c1. The third-order valence-electron chi connectivity index (χ3n) is 5.18. The number of benzene rings is 1. The van der Waals surface area contributed by atoms with Gasteiger partial charge in [-0.3, -0.25) is 10.3 Å². The molecule has 0 radical (unpaired) electrons. The molecule has 1 saturated heterocycles. The molecule has 1 fully saturated rings. The molecule has 2 N–H and O–H groups in total. The summed E-state index contributed by atoms with van der Waals surface area (Å²) in [6, 6.07) is 14.3. The number of amides is 2. The summed E-state index contributed by atoms with van der Waals surface area (Å²) in [5.74, 6) is -0.257. The van der Waals surface area contributed by atoms with Gasteiger partial charge in [-0.1, -0.05) is 30.3 Å². The third-order valence-corrected chi connectivity index (χ3v) is 5.18. The van der Waals surface area contributed by atoms with Gasteiger partial charge < -0.3 is 14.8 Å². The number of anilines is 1. The fraction of sp³-hybridized carbons (Fsp3) is 0.250. The minimum Gasteiger partial charge on any atom is -0.465 e. The highest BCUT2D eigenvalue weighted by molar-refractivity contribution is 5.94. The number of carbonyl (C=O) groups excluding carboxylic acids is 2. The first-order valence-corrected chi connectivity index (χ1v) is 10.4. The molecular weight excluding hydrogens is 408 g/mol. The van der Waals surface area contributed by atoms with Crippen molar-refractivity contribution in [2.75, 3.05) is 25.6 Å². The maximum absolute atomic E-state index is 12.3. The number of hydrogen-bond acceptors (Lipinski definition) is 6. The van der Waals surface area contributed by atoms with Crippen molar-refractivity contribution in [2.45, 2.75) is 18.9 Å². The van der Waals surface area contributed by atoms with Crippen LogP contribution >= 0.6 is 0 Å². The van der Waals surface area contributed by atoms with Gasteiger partial charge in [0, 0.05) is 31.1 Å². The van der Waals surface area contributed by atoms with E-state index in [-0.39, 0.29) is 11.9 Å². The maximum atomic E-state index is 12.3. The Bertz CT molecular complexity index is 1080. The van der Waals surface area contributed by atoms with E-state index in [9.17, 15) is 9.59 Å². The van der Waals surface area contributed by atoms with Gasteiger partial charge in [-0.15, -0.1) is 0 Å².